The average Bonchev–Trinajstić information content (AvgIpc) is 3.00. The van der Waals surface area contributed by atoms with E-state index < -0.39 is 0 Å². The molecule has 0 spiro atoms. The lowest BCUT2D eigenvalue weighted by molar-refractivity contribution is 0.954. The molecule has 6 heteroatoms. The van der Waals surface area contributed by atoms with Crippen molar-refractivity contribution in [2.45, 2.75) is 17.1 Å². The summed E-state index contributed by atoms with van der Waals surface area (Å²) in [5.41, 5.74) is 2.33. The van der Waals surface area contributed by atoms with E-state index in [1.165, 1.54) is 17.3 Å². The molecule has 4 nitrogen and oxygen atoms in total. The van der Waals surface area contributed by atoms with Gasteiger partial charge in [-0.25, -0.2) is 19.9 Å². The molecular weight excluding hydrogens is 324 g/mol. The number of thiophene rings is 1. The van der Waals surface area contributed by atoms with Gasteiger partial charge in [0.15, 0.2) is 5.16 Å². The highest BCUT2D eigenvalue weighted by Gasteiger charge is 2.16. The first kappa shape index (κ1) is 14.3. The number of fused-ring (bicyclic) bond motifs is 1. The molecule has 0 atom stereocenters. The lowest BCUT2D eigenvalue weighted by atomic mass is 10.1. The molecule has 0 aliphatic carbocycles. The van der Waals surface area contributed by atoms with Crippen LogP contribution in [0.1, 0.15) is 5.82 Å². The first-order valence-corrected chi connectivity index (χ1v) is 8.77. The normalized spacial score (nSPS) is 11.0. The van der Waals surface area contributed by atoms with Crippen LogP contribution in [0.4, 0.5) is 0 Å². The number of aryl methyl sites for hydroxylation is 1. The predicted molar refractivity (Wildman–Crippen MR) is 93.7 cm³/mol. The van der Waals surface area contributed by atoms with Crippen molar-refractivity contribution >= 4 is 33.3 Å². The summed E-state index contributed by atoms with van der Waals surface area (Å²) in [5.74, 6) is 0.761. The zero-order valence-electron chi connectivity index (χ0n) is 12.3. The second-order valence-corrected chi connectivity index (χ2v) is 6.72. The van der Waals surface area contributed by atoms with E-state index in [1.54, 1.807) is 23.7 Å². The highest BCUT2D eigenvalue weighted by Crippen LogP contribution is 2.39. The Morgan fingerprint density at radius 1 is 0.957 bits per heavy atom. The molecule has 0 aliphatic rings. The quantitative estimate of drug-likeness (QED) is 0.404. The van der Waals surface area contributed by atoms with E-state index in [2.05, 4.69) is 37.4 Å². The minimum Gasteiger partial charge on any atom is -0.231 e. The highest BCUT2D eigenvalue weighted by molar-refractivity contribution is 7.99. The number of hydrogen-bond acceptors (Lipinski definition) is 6. The summed E-state index contributed by atoms with van der Waals surface area (Å²) in [4.78, 5) is 18.8. The van der Waals surface area contributed by atoms with E-state index in [9.17, 15) is 0 Å². The van der Waals surface area contributed by atoms with E-state index in [1.807, 2.05) is 31.2 Å². The van der Waals surface area contributed by atoms with Crippen molar-refractivity contribution in [1.29, 1.82) is 0 Å². The summed E-state index contributed by atoms with van der Waals surface area (Å²) in [6, 6.07) is 12.1. The number of rotatable bonds is 3. The van der Waals surface area contributed by atoms with Crippen LogP contribution in [0.2, 0.25) is 0 Å². The number of benzene rings is 1. The van der Waals surface area contributed by atoms with Crippen LogP contribution in [0.5, 0.6) is 0 Å². The summed E-state index contributed by atoms with van der Waals surface area (Å²) in [6.45, 7) is 1.91. The lowest BCUT2D eigenvalue weighted by Gasteiger charge is -2.05. The first-order chi connectivity index (χ1) is 11.3. The predicted octanol–water partition coefficient (Wildman–Crippen LogP) is 4.61. The van der Waals surface area contributed by atoms with E-state index in [-0.39, 0.29) is 0 Å². The Bertz CT molecular complexity index is 952. The topological polar surface area (TPSA) is 51.6 Å². The SMILES string of the molecule is Cc1nc(Sc2ncccn2)c2c(-c3ccccc3)csc2n1. The Morgan fingerprint density at radius 2 is 1.74 bits per heavy atom. The van der Waals surface area contributed by atoms with Crippen LogP contribution in [0.25, 0.3) is 21.3 Å². The molecule has 0 saturated carbocycles. The van der Waals surface area contributed by atoms with Crippen LogP contribution >= 0.6 is 23.1 Å². The Balaban J connectivity index is 1.90. The van der Waals surface area contributed by atoms with E-state index >= 15 is 0 Å². The summed E-state index contributed by atoms with van der Waals surface area (Å²) >= 11 is 3.12. The van der Waals surface area contributed by atoms with E-state index in [4.69, 9.17) is 0 Å². The van der Waals surface area contributed by atoms with Crippen LogP contribution in [-0.2, 0) is 0 Å². The maximum absolute atomic E-state index is 4.63. The molecule has 3 heterocycles. The van der Waals surface area contributed by atoms with E-state index in [0.29, 0.717) is 5.16 Å². The van der Waals surface area contributed by atoms with Gasteiger partial charge in [0.25, 0.3) is 0 Å². The maximum atomic E-state index is 4.63. The molecule has 0 unspecified atom stereocenters. The molecule has 1 aromatic carbocycles. The largest absolute Gasteiger partial charge is 0.231 e. The third-order valence-corrected chi connectivity index (χ3v) is 5.08. The van der Waals surface area contributed by atoms with Crippen LogP contribution in [0, 0.1) is 6.92 Å². The Labute approximate surface area is 141 Å². The van der Waals surface area contributed by atoms with Gasteiger partial charge < -0.3 is 0 Å². The highest BCUT2D eigenvalue weighted by atomic mass is 32.2. The van der Waals surface area contributed by atoms with Gasteiger partial charge in [0.2, 0.25) is 0 Å². The van der Waals surface area contributed by atoms with Gasteiger partial charge in [0.05, 0.1) is 5.39 Å². The first-order valence-electron chi connectivity index (χ1n) is 7.07. The molecule has 0 saturated heterocycles. The summed E-state index contributed by atoms with van der Waals surface area (Å²) in [7, 11) is 0. The maximum Gasteiger partial charge on any atom is 0.193 e. The van der Waals surface area contributed by atoms with Gasteiger partial charge in [0.1, 0.15) is 15.7 Å². The second kappa shape index (κ2) is 6.06. The van der Waals surface area contributed by atoms with Crippen molar-refractivity contribution in [2.24, 2.45) is 0 Å². The molecule has 0 bridgehead atoms. The Morgan fingerprint density at radius 3 is 2.52 bits per heavy atom. The third-order valence-electron chi connectivity index (χ3n) is 3.33. The molecule has 112 valence electrons. The fourth-order valence-corrected chi connectivity index (χ4v) is 4.28. The van der Waals surface area contributed by atoms with Gasteiger partial charge in [-0.05, 0) is 30.3 Å². The van der Waals surface area contributed by atoms with E-state index in [0.717, 1.165) is 26.6 Å². The monoisotopic (exact) mass is 336 g/mol. The second-order valence-electron chi connectivity index (χ2n) is 4.90. The molecule has 0 aliphatic heterocycles. The van der Waals surface area contributed by atoms with Crippen molar-refractivity contribution in [3.05, 3.63) is 60.0 Å². The summed E-state index contributed by atoms with van der Waals surface area (Å²) < 4.78 is 0. The zero-order valence-corrected chi connectivity index (χ0v) is 13.9. The van der Waals surface area contributed by atoms with Crippen LogP contribution in [-0.4, -0.2) is 19.9 Å². The van der Waals surface area contributed by atoms with Gasteiger partial charge in [-0.2, -0.15) is 0 Å². The average molecular weight is 336 g/mol. The minimum atomic E-state index is 0.692. The Kier molecular flexibility index (Phi) is 3.77. The fraction of sp³-hybridized carbons (Fsp3) is 0.0588. The number of aromatic nitrogens is 4. The van der Waals surface area contributed by atoms with Gasteiger partial charge in [0, 0.05) is 23.3 Å². The van der Waals surface area contributed by atoms with Gasteiger partial charge in [-0.3, -0.25) is 0 Å². The third kappa shape index (κ3) is 2.83. The van der Waals surface area contributed by atoms with Crippen molar-refractivity contribution in [3.8, 4) is 11.1 Å². The molecule has 0 N–H and O–H groups in total. The standard InChI is InChI=1S/C17H12N4S2/c1-11-20-15-14(13(10-22-15)12-6-3-2-4-7-12)16(21-11)23-17-18-8-5-9-19-17/h2-10H,1H3. The molecule has 3 aromatic heterocycles. The molecule has 0 radical (unpaired) electrons. The molecule has 4 rings (SSSR count). The smallest absolute Gasteiger partial charge is 0.193 e. The Hall–Kier alpha value is -2.31. The van der Waals surface area contributed by atoms with Gasteiger partial charge in [-0.1, -0.05) is 30.3 Å². The molecule has 23 heavy (non-hydrogen) atoms. The molecular formula is C17H12N4S2. The summed E-state index contributed by atoms with van der Waals surface area (Å²) in [5, 5.41) is 4.81. The molecule has 0 fully saturated rings. The minimum absolute atomic E-state index is 0.692. The lowest BCUT2D eigenvalue weighted by Crippen LogP contribution is -1.92. The van der Waals surface area contributed by atoms with Crippen molar-refractivity contribution in [1.82, 2.24) is 19.9 Å². The zero-order chi connectivity index (χ0) is 15.6. The van der Waals surface area contributed by atoms with Crippen LogP contribution < -0.4 is 0 Å². The van der Waals surface area contributed by atoms with Crippen molar-refractivity contribution < 1.29 is 0 Å². The van der Waals surface area contributed by atoms with Gasteiger partial charge in [-0.15, -0.1) is 11.3 Å². The van der Waals surface area contributed by atoms with Crippen molar-refractivity contribution in [2.75, 3.05) is 0 Å². The molecule has 4 aromatic rings. The van der Waals surface area contributed by atoms with Crippen LogP contribution in [0.15, 0.2) is 64.4 Å². The van der Waals surface area contributed by atoms with Crippen molar-refractivity contribution in [3.63, 3.8) is 0 Å². The molecule has 0 amide bonds. The fourth-order valence-electron chi connectivity index (χ4n) is 2.34. The van der Waals surface area contributed by atoms with Crippen LogP contribution in [0.3, 0.4) is 0 Å². The summed E-state index contributed by atoms with van der Waals surface area (Å²) in [6.07, 6.45) is 3.48. The number of hydrogen-bond donors (Lipinski definition) is 0. The van der Waals surface area contributed by atoms with Gasteiger partial charge >= 0.3 is 0 Å². The number of nitrogens with zero attached hydrogens (tertiary/aromatic N) is 4.